The molecule has 5 heteroatoms. The highest BCUT2D eigenvalue weighted by Crippen LogP contribution is 2.19. The van der Waals surface area contributed by atoms with E-state index in [1.54, 1.807) is 6.20 Å². The summed E-state index contributed by atoms with van der Waals surface area (Å²) in [6.45, 7) is 9.97. The zero-order valence-electron chi connectivity index (χ0n) is 11.0. The van der Waals surface area contributed by atoms with Crippen LogP contribution in [0.15, 0.2) is 6.20 Å². The molecule has 0 fully saturated rings. The Morgan fingerprint density at radius 3 is 2.65 bits per heavy atom. The summed E-state index contributed by atoms with van der Waals surface area (Å²) >= 11 is 1.44. The van der Waals surface area contributed by atoms with Crippen LogP contribution in [0.1, 0.15) is 35.5 Å². The number of nitrogens with two attached hydrogens (primary N) is 1. The summed E-state index contributed by atoms with van der Waals surface area (Å²) in [5, 5.41) is 0.919. The van der Waals surface area contributed by atoms with Gasteiger partial charge in [0.1, 0.15) is 4.88 Å². The summed E-state index contributed by atoms with van der Waals surface area (Å²) in [7, 11) is 0. The first kappa shape index (κ1) is 14.1. The van der Waals surface area contributed by atoms with Crippen molar-refractivity contribution in [2.75, 3.05) is 19.6 Å². The standard InChI is InChI=1S/C12H21N3OS/c1-5-15(8-12(3,4)7-13)11(16)10-6-14-9(2)17-10/h6H,5,7-8,13H2,1-4H3. The highest BCUT2D eigenvalue weighted by molar-refractivity contribution is 7.13. The monoisotopic (exact) mass is 255 g/mol. The van der Waals surface area contributed by atoms with Gasteiger partial charge in [0, 0.05) is 13.1 Å². The lowest BCUT2D eigenvalue weighted by molar-refractivity contribution is 0.0705. The molecule has 0 saturated carbocycles. The quantitative estimate of drug-likeness (QED) is 0.874. The highest BCUT2D eigenvalue weighted by atomic mass is 32.1. The van der Waals surface area contributed by atoms with Crippen molar-refractivity contribution in [1.82, 2.24) is 9.88 Å². The average Bonchev–Trinajstić information content (AvgIpc) is 2.72. The van der Waals surface area contributed by atoms with E-state index < -0.39 is 0 Å². The minimum Gasteiger partial charge on any atom is -0.338 e. The Balaban J connectivity index is 2.78. The van der Waals surface area contributed by atoms with Crippen LogP contribution in [0.5, 0.6) is 0 Å². The Kier molecular flexibility index (Phi) is 4.65. The van der Waals surface area contributed by atoms with Crippen LogP contribution < -0.4 is 5.73 Å². The van der Waals surface area contributed by atoms with Crippen LogP contribution in [-0.4, -0.2) is 35.4 Å². The van der Waals surface area contributed by atoms with Crippen molar-refractivity contribution in [3.8, 4) is 0 Å². The van der Waals surface area contributed by atoms with Gasteiger partial charge in [0.05, 0.1) is 11.2 Å². The summed E-state index contributed by atoms with van der Waals surface area (Å²) in [4.78, 5) is 18.9. The lowest BCUT2D eigenvalue weighted by Crippen LogP contribution is -2.41. The Morgan fingerprint density at radius 1 is 1.59 bits per heavy atom. The van der Waals surface area contributed by atoms with E-state index in [0.717, 1.165) is 5.01 Å². The van der Waals surface area contributed by atoms with Crippen molar-refractivity contribution in [2.45, 2.75) is 27.7 Å². The third kappa shape index (κ3) is 3.78. The topological polar surface area (TPSA) is 59.2 Å². The maximum atomic E-state index is 12.2. The van der Waals surface area contributed by atoms with Crippen molar-refractivity contribution in [3.63, 3.8) is 0 Å². The molecule has 17 heavy (non-hydrogen) atoms. The fourth-order valence-electron chi connectivity index (χ4n) is 1.52. The van der Waals surface area contributed by atoms with Gasteiger partial charge in [0.2, 0.25) is 0 Å². The zero-order valence-corrected chi connectivity index (χ0v) is 11.8. The first-order valence-electron chi connectivity index (χ1n) is 5.81. The van der Waals surface area contributed by atoms with Gasteiger partial charge in [-0.05, 0) is 25.8 Å². The van der Waals surface area contributed by atoms with Crippen molar-refractivity contribution >= 4 is 17.2 Å². The van der Waals surface area contributed by atoms with Gasteiger partial charge >= 0.3 is 0 Å². The first-order chi connectivity index (χ1) is 7.89. The van der Waals surface area contributed by atoms with E-state index in [4.69, 9.17) is 5.73 Å². The fourth-order valence-corrected chi connectivity index (χ4v) is 2.27. The average molecular weight is 255 g/mol. The Morgan fingerprint density at radius 2 is 2.24 bits per heavy atom. The van der Waals surface area contributed by atoms with Gasteiger partial charge in [-0.1, -0.05) is 13.8 Å². The summed E-state index contributed by atoms with van der Waals surface area (Å²) in [5.74, 6) is 0.0552. The summed E-state index contributed by atoms with van der Waals surface area (Å²) in [6.07, 6.45) is 1.65. The molecule has 1 amide bonds. The Bertz CT molecular complexity index is 387. The lowest BCUT2D eigenvalue weighted by atomic mass is 9.93. The Labute approximate surface area is 107 Å². The molecule has 0 aliphatic heterocycles. The summed E-state index contributed by atoms with van der Waals surface area (Å²) in [5.41, 5.74) is 5.65. The Hall–Kier alpha value is -0.940. The summed E-state index contributed by atoms with van der Waals surface area (Å²) in [6, 6.07) is 0. The van der Waals surface area contributed by atoms with E-state index in [9.17, 15) is 4.79 Å². The molecule has 1 aromatic rings. The van der Waals surface area contributed by atoms with Crippen molar-refractivity contribution in [2.24, 2.45) is 11.1 Å². The van der Waals surface area contributed by atoms with Gasteiger partial charge in [0.25, 0.3) is 5.91 Å². The van der Waals surface area contributed by atoms with E-state index in [1.807, 2.05) is 18.7 Å². The number of thiazole rings is 1. The molecule has 1 aromatic heterocycles. The maximum absolute atomic E-state index is 12.2. The molecular weight excluding hydrogens is 234 g/mol. The van der Waals surface area contributed by atoms with E-state index in [0.29, 0.717) is 24.5 Å². The number of aromatic nitrogens is 1. The molecule has 0 unspecified atom stereocenters. The molecule has 0 aliphatic rings. The van der Waals surface area contributed by atoms with Crippen LogP contribution in [0.3, 0.4) is 0 Å². The minimum atomic E-state index is -0.0502. The number of hydrogen-bond acceptors (Lipinski definition) is 4. The molecule has 1 heterocycles. The number of hydrogen-bond donors (Lipinski definition) is 1. The molecule has 2 N–H and O–H groups in total. The van der Waals surface area contributed by atoms with E-state index in [-0.39, 0.29) is 11.3 Å². The third-order valence-electron chi connectivity index (χ3n) is 2.67. The molecule has 4 nitrogen and oxygen atoms in total. The van der Waals surface area contributed by atoms with Gasteiger partial charge in [-0.15, -0.1) is 11.3 Å². The molecule has 0 aromatic carbocycles. The van der Waals surface area contributed by atoms with Crippen molar-refractivity contribution in [1.29, 1.82) is 0 Å². The van der Waals surface area contributed by atoms with Crippen LogP contribution in [0.2, 0.25) is 0 Å². The fraction of sp³-hybridized carbons (Fsp3) is 0.667. The normalized spacial score (nSPS) is 11.6. The number of carbonyl (C=O) groups is 1. The number of amides is 1. The summed E-state index contributed by atoms with van der Waals surface area (Å²) < 4.78 is 0. The predicted octanol–water partition coefficient (Wildman–Crippen LogP) is 1.90. The van der Waals surface area contributed by atoms with Crippen LogP contribution in [-0.2, 0) is 0 Å². The number of carbonyl (C=O) groups excluding carboxylic acids is 1. The van der Waals surface area contributed by atoms with E-state index in [1.165, 1.54) is 11.3 Å². The number of nitrogens with zero attached hydrogens (tertiary/aromatic N) is 2. The third-order valence-corrected chi connectivity index (χ3v) is 3.57. The van der Waals surface area contributed by atoms with Crippen LogP contribution in [0, 0.1) is 12.3 Å². The van der Waals surface area contributed by atoms with Crippen LogP contribution in [0.4, 0.5) is 0 Å². The molecule has 0 bridgehead atoms. The van der Waals surface area contributed by atoms with Gasteiger partial charge < -0.3 is 10.6 Å². The second-order valence-electron chi connectivity index (χ2n) is 4.93. The lowest BCUT2D eigenvalue weighted by Gasteiger charge is -2.30. The molecular formula is C12H21N3OS. The van der Waals surface area contributed by atoms with Gasteiger partial charge in [-0.25, -0.2) is 4.98 Å². The SMILES string of the molecule is CCN(CC(C)(C)CN)C(=O)c1cnc(C)s1. The molecule has 0 aliphatic carbocycles. The molecule has 0 spiro atoms. The minimum absolute atomic E-state index is 0.0502. The van der Waals surface area contributed by atoms with Gasteiger partial charge in [0.15, 0.2) is 0 Å². The second kappa shape index (κ2) is 5.60. The molecule has 0 radical (unpaired) electrons. The molecule has 96 valence electrons. The first-order valence-corrected chi connectivity index (χ1v) is 6.63. The maximum Gasteiger partial charge on any atom is 0.265 e. The van der Waals surface area contributed by atoms with Gasteiger partial charge in [-0.2, -0.15) is 0 Å². The van der Waals surface area contributed by atoms with Crippen molar-refractivity contribution in [3.05, 3.63) is 16.1 Å². The largest absolute Gasteiger partial charge is 0.338 e. The van der Waals surface area contributed by atoms with Gasteiger partial charge in [-0.3, -0.25) is 4.79 Å². The predicted molar refractivity (Wildman–Crippen MR) is 71.3 cm³/mol. The van der Waals surface area contributed by atoms with E-state index >= 15 is 0 Å². The molecule has 0 saturated heterocycles. The zero-order chi connectivity index (χ0) is 13.1. The smallest absolute Gasteiger partial charge is 0.265 e. The molecule has 1 rings (SSSR count). The number of aryl methyl sites for hydroxylation is 1. The highest BCUT2D eigenvalue weighted by Gasteiger charge is 2.24. The molecule has 0 atom stereocenters. The number of rotatable bonds is 5. The second-order valence-corrected chi connectivity index (χ2v) is 6.17. The van der Waals surface area contributed by atoms with Crippen LogP contribution in [0.25, 0.3) is 0 Å². The van der Waals surface area contributed by atoms with Crippen molar-refractivity contribution < 1.29 is 4.79 Å². The van der Waals surface area contributed by atoms with Crippen LogP contribution >= 0.6 is 11.3 Å². The van der Waals surface area contributed by atoms with E-state index in [2.05, 4.69) is 18.8 Å².